The second-order valence-corrected chi connectivity index (χ2v) is 7.82. The molecule has 156 valence electrons. The molecule has 2 aromatic carbocycles. The third-order valence-corrected chi connectivity index (χ3v) is 5.88. The summed E-state index contributed by atoms with van der Waals surface area (Å²) in [6.45, 7) is 0.720. The SMILES string of the molecule is COc1cccc(-c2noc(COC(=O)c3ccccc3SCC3CCCO3)n2)c1. The number of hydrogen-bond donors (Lipinski definition) is 0. The van der Waals surface area contributed by atoms with Crippen molar-refractivity contribution in [3.8, 4) is 17.1 Å². The highest BCUT2D eigenvalue weighted by molar-refractivity contribution is 7.99. The van der Waals surface area contributed by atoms with Crippen molar-refractivity contribution in [2.75, 3.05) is 19.5 Å². The predicted molar refractivity (Wildman–Crippen MR) is 112 cm³/mol. The summed E-state index contributed by atoms with van der Waals surface area (Å²) in [6.07, 6.45) is 2.40. The lowest BCUT2D eigenvalue weighted by molar-refractivity contribution is 0.0425. The molecule has 0 radical (unpaired) electrons. The number of carbonyl (C=O) groups is 1. The van der Waals surface area contributed by atoms with Crippen LogP contribution in [0.4, 0.5) is 0 Å². The minimum Gasteiger partial charge on any atom is -0.497 e. The highest BCUT2D eigenvalue weighted by Gasteiger charge is 2.19. The maximum atomic E-state index is 12.6. The van der Waals surface area contributed by atoms with Crippen LogP contribution in [-0.2, 0) is 16.1 Å². The van der Waals surface area contributed by atoms with E-state index in [0.717, 1.165) is 35.7 Å². The van der Waals surface area contributed by atoms with Gasteiger partial charge < -0.3 is 18.7 Å². The molecule has 1 aliphatic rings. The number of esters is 1. The van der Waals surface area contributed by atoms with Crippen LogP contribution in [0.1, 0.15) is 29.1 Å². The molecule has 0 amide bonds. The summed E-state index contributed by atoms with van der Waals surface area (Å²) in [5.41, 5.74) is 1.28. The lowest BCUT2D eigenvalue weighted by atomic mass is 10.2. The Morgan fingerprint density at radius 1 is 1.23 bits per heavy atom. The van der Waals surface area contributed by atoms with E-state index in [-0.39, 0.29) is 18.6 Å². The van der Waals surface area contributed by atoms with Crippen molar-refractivity contribution >= 4 is 17.7 Å². The van der Waals surface area contributed by atoms with Crippen molar-refractivity contribution < 1.29 is 23.5 Å². The average molecular weight is 426 g/mol. The lowest BCUT2D eigenvalue weighted by Gasteiger charge is -2.11. The van der Waals surface area contributed by atoms with E-state index in [1.807, 2.05) is 42.5 Å². The Hall–Kier alpha value is -2.84. The number of thioether (sulfide) groups is 1. The molecule has 3 aromatic rings. The molecular weight excluding hydrogens is 404 g/mol. The van der Waals surface area contributed by atoms with Crippen molar-refractivity contribution in [2.24, 2.45) is 0 Å². The summed E-state index contributed by atoms with van der Waals surface area (Å²) in [5.74, 6) is 1.73. The van der Waals surface area contributed by atoms with Gasteiger partial charge in [0.05, 0.1) is 18.8 Å². The molecule has 1 fully saturated rings. The highest BCUT2D eigenvalue weighted by atomic mass is 32.2. The Labute approximate surface area is 178 Å². The third-order valence-electron chi connectivity index (χ3n) is 4.68. The number of aromatic nitrogens is 2. The fraction of sp³-hybridized carbons (Fsp3) is 0.318. The van der Waals surface area contributed by atoms with Crippen molar-refractivity contribution in [1.29, 1.82) is 0 Å². The van der Waals surface area contributed by atoms with E-state index in [9.17, 15) is 4.79 Å². The number of methoxy groups -OCH3 is 1. The first-order valence-electron chi connectivity index (χ1n) is 9.70. The molecule has 4 rings (SSSR count). The molecule has 0 N–H and O–H groups in total. The van der Waals surface area contributed by atoms with Gasteiger partial charge in [0, 0.05) is 22.8 Å². The monoisotopic (exact) mass is 426 g/mol. The predicted octanol–water partition coefficient (Wildman–Crippen LogP) is 4.37. The minimum atomic E-state index is -0.424. The zero-order valence-electron chi connectivity index (χ0n) is 16.6. The molecule has 0 saturated carbocycles. The first-order valence-corrected chi connectivity index (χ1v) is 10.7. The topological polar surface area (TPSA) is 83.7 Å². The van der Waals surface area contributed by atoms with Gasteiger partial charge in [0.2, 0.25) is 5.82 Å². The fourth-order valence-corrected chi connectivity index (χ4v) is 4.23. The Kier molecular flexibility index (Phi) is 6.66. The minimum absolute atomic E-state index is 0.0967. The van der Waals surface area contributed by atoms with Gasteiger partial charge in [-0.3, -0.25) is 0 Å². The second kappa shape index (κ2) is 9.77. The van der Waals surface area contributed by atoms with Crippen LogP contribution in [0.3, 0.4) is 0 Å². The molecule has 2 heterocycles. The Morgan fingerprint density at radius 2 is 2.13 bits per heavy atom. The standard InChI is InChI=1S/C22H22N2O5S/c1-26-16-7-4-6-15(12-16)21-23-20(29-24-21)13-28-22(25)18-9-2-3-10-19(18)30-14-17-8-5-11-27-17/h2-4,6-7,9-10,12,17H,5,8,11,13-14H2,1H3. The van der Waals surface area contributed by atoms with Crippen LogP contribution in [0.15, 0.2) is 57.9 Å². The molecule has 1 aliphatic heterocycles. The van der Waals surface area contributed by atoms with Gasteiger partial charge in [-0.05, 0) is 37.1 Å². The Bertz CT molecular complexity index is 1000. The smallest absolute Gasteiger partial charge is 0.339 e. The van der Waals surface area contributed by atoms with Crippen LogP contribution in [0.25, 0.3) is 11.4 Å². The maximum absolute atomic E-state index is 12.6. The van der Waals surface area contributed by atoms with Crippen molar-refractivity contribution in [1.82, 2.24) is 10.1 Å². The zero-order valence-corrected chi connectivity index (χ0v) is 17.4. The summed E-state index contributed by atoms with van der Waals surface area (Å²) in [4.78, 5) is 17.8. The van der Waals surface area contributed by atoms with Gasteiger partial charge in [-0.25, -0.2) is 4.79 Å². The number of nitrogens with zero attached hydrogens (tertiary/aromatic N) is 2. The average Bonchev–Trinajstić information content (AvgIpc) is 3.48. The van der Waals surface area contributed by atoms with Gasteiger partial charge in [-0.1, -0.05) is 29.4 Å². The summed E-state index contributed by atoms with van der Waals surface area (Å²) in [6, 6.07) is 14.7. The quantitative estimate of drug-likeness (QED) is 0.388. The van der Waals surface area contributed by atoms with E-state index in [0.29, 0.717) is 17.1 Å². The number of hydrogen-bond acceptors (Lipinski definition) is 8. The van der Waals surface area contributed by atoms with Crippen LogP contribution in [0.2, 0.25) is 0 Å². The molecule has 1 unspecified atom stereocenters. The van der Waals surface area contributed by atoms with Crippen molar-refractivity contribution in [3.63, 3.8) is 0 Å². The van der Waals surface area contributed by atoms with E-state index in [1.54, 1.807) is 24.9 Å². The van der Waals surface area contributed by atoms with Gasteiger partial charge >= 0.3 is 5.97 Å². The third kappa shape index (κ3) is 5.01. The van der Waals surface area contributed by atoms with Crippen molar-refractivity contribution in [3.05, 3.63) is 60.0 Å². The number of benzene rings is 2. The van der Waals surface area contributed by atoms with E-state index in [1.165, 1.54) is 0 Å². The van der Waals surface area contributed by atoms with Crippen LogP contribution in [-0.4, -0.2) is 41.7 Å². The van der Waals surface area contributed by atoms with Crippen LogP contribution >= 0.6 is 11.8 Å². The molecule has 0 bridgehead atoms. The normalized spacial score (nSPS) is 15.8. The van der Waals surface area contributed by atoms with Crippen LogP contribution in [0, 0.1) is 0 Å². The van der Waals surface area contributed by atoms with Crippen LogP contribution < -0.4 is 4.74 Å². The molecule has 0 aliphatic carbocycles. The Balaban J connectivity index is 1.37. The summed E-state index contributed by atoms with van der Waals surface area (Å²) in [5, 5.41) is 3.95. The Morgan fingerprint density at radius 3 is 2.97 bits per heavy atom. The van der Waals surface area contributed by atoms with Crippen molar-refractivity contribution in [2.45, 2.75) is 30.4 Å². The molecule has 30 heavy (non-hydrogen) atoms. The van der Waals surface area contributed by atoms with E-state index < -0.39 is 5.97 Å². The van der Waals surface area contributed by atoms with Gasteiger partial charge in [-0.2, -0.15) is 4.98 Å². The van der Waals surface area contributed by atoms with Gasteiger partial charge in [-0.15, -0.1) is 11.8 Å². The van der Waals surface area contributed by atoms with Gasteiger partial charge in [0.1, 0.15) is 5.75 Å². The molecule has 1 atom stereocenters. The second-order valence-electron chi connectivity index (χ2n) is 6.76. The number of carbonyl (C=O) groups excluding carboxylic acids is 1. The molecule has 8 heteroatoms. The lowest BCUT2D eigenvalue weighted by Crippen LogP contribution is -2.10. The van der Waals surface area contributed by atoms with Gasteiger partial charge in [0.15, 0.2) is 6.61 Å². The number of rotatable bonds is 8. The molecule has 1 saturated heterocycles. The zero-order chi connectivity index (χ0) is 20.8. The number of ether oxygens (including phenoxy) is 3. The maximum Gasteiger partial charge on any atom is 0.339 e. The highest BCUT2D eigenvalue weighted by Crippen LogP contribution is 2.27. The molecule has 0 spiro atoms. The largest absolute Gasteiger partial charge is 0.497 e. The van der Waals surface area contributed by atoms with E-state index in [2.05, 4.69) is 10.1 Å². The van der Waals surface area contributed by atoms with E-state index >= 15 is 0 Å². The van der Waals surface area contributed by atoms with Gasteiger partial charge in [0.25, 0.3) is 5.89 Å². The summed E-state index contributed by atoms with van der Waals surface area (Å²) >= 11 is 1.61. The first-order chi connectivity index (χ1) is 14.7. The van der Waals surface area contributed by atoms with Crippen LogP contribution in [0.5, 0.6) is 5.75 Å². The fourth-order valence-electron chi connectivity index (χ4n) is 3.12. The first kappa shape index (κ1) is 20.4. The molecule has 1 aromatic heterocycles. The molecule has 7 nitrogen and oxygen atoms in total. The van der Waals surface area contributed by atoms with E-state index in [4.69, 9.17) is 18.7 Å². The molecular formula is C22H22N2O5S. The summed E-state index contributed by atoms with van der Waals surface area (Å²) in [7, 11) is 1.59. The summed E-state index contributed by atoms with van der Waals surface area (Å²) < 4.78 is 21.5.